The van der Waals surface area contributed by atoms with Crippen molar-refractivity contribution in [2.75, 3.05) is 20.3 Å². The Bertz CT molecular complexity index is 883. The minimum atomic E-state index is -2.96. The average molecular weight is 405 g/mol. The van der Waals surface area contributed by atoms with Crippen molar-refractivity contribution < 1.29 is 32.6 Å². The highest BCUT2D eigenvalue weighted by Gasteiger charge is 2.09. The number of nitrogens with one attached hydrogen (secondary N) is 1. The molecule has 0 aromatic heterocycles. The summed E-state index contributed by atoms with van der Waals surface area (Å²) in [4.78, 5) is 23.8. The number of likely N-dealkylation sites (N-methyl/N-ethyl adjacent to an activating group) is 1. The first-order valence-corrected chi connectivity index (χ1v) is 8.77. The number of methoxy groups -OCH3 is 1. The summed E-state index contributed by atoms with van der Waals surface area (Å²) in [6.45, 7) is -0.788. The van der Waals surface area contributed by atoms with Gasteiger partial charge >= 0.3 is 6.61 Å². The number of hydrogen-bond donors (Lipinski definition) is 1. The van der Waals surface area contributed by atoms with Crippen LogP contribution in [0.5, 0.6) is 17.2 Å². The fourth-order valence-corrected chi connectivity index (χ4v) is 2.39. The molecule has 0 radical (unpaired) electrons. The molecule has 1 amide bonds. The molecule has 0 aliphatic carbocycles. The van der Waals surface area contributed by atoms with Crippen molar-refractivity contribution in [3.8, 4) is 17.2 Å². The van der Waals surface area contributed by atoms with E-state index in [1.165, 1.54) is 37.5 Å². The van der Waals surface area contributed by atoms with E-state index in [1.807, 2.05) is 6.92 Å². The number of ketones is 1. The Labute approximate surface area is 167 Å². The smallest absolute Gasteiger partial charge is 0.387 e. The summed E-state index contributed by atoms with van der Waals surface area (Å²) in [7, 11) is 1.46. The number of ether oxygens (including phenoxy) is 3. The Morgan fingerprint density at radius 3 is 2.62 bits per heavy atom. The Morgan fingerprint density at radius 1 is 1.14 bits per heavy atom. The molecule has 0 aliphatic heterocycles. The van der Waals surface area contributed by atoms with Gasteiger partial charge in [0.15, 0.2) is 23.9 Å². The van der Waals surface area contributed by atoms with Crippen LogP contribution >= 0.6 is 0 Å². The average Bonchev–Trinajstić information content (AvgIpc) is 2.70. The van der Waals surface area contributed by atoms with E-state index in [-0.39, 0.29) is 29.6 Å². The van der Waals surface area contributed by atoms with E-state index in [9.17, 15) is 18.4 Å². The van der Waals surface area contributed by atoms with Crippen LogP contribution in [0.2, 0.25) is 0 Å². The summed E-state index contributed by atoms with van der Waals surface area (Å²) >= 11 is 0. The van der Waals surface area contributed by atoms with Gasteiger partial charge in [0.05, 0.1) is 7.11 Å². The summed E-state index contributed by atoms with van der Waals surface area (Å²) < 4.78 is 39.6. The molecule has 0 aliphatic rings. The van der Waals surface area contributed by atoms with E-state index < -0.39 is 6.61 Å². The molecule has 0 atom stereocenters. The zero-order chi connectivity index (χ0) is 21.2. The molecule has 2 rings (SSSR count). The SMILES string of the molecule is CCNC(=O)COc1ccc(/C=C/C(=O)c2cccc(OC(F)F)c2)cc1OC. The van der Waals surface area contributed by atoms with Crippen molar-refractivity contribution in [3.63, 3.8) is 0 Å². The lowest BCUT2D eigenvalue weighted by molar-refractivity contribution is -0.123. The Balaban J connectivity index is 2.08. The van der Waals surface area contributed by atoms with Crippen LogP contribution in [-0.4, -0.2) is 38.6 Å². The summed E-state index contributed by atoms with van der Waals surface area (Å²) in [6, 6.07) is 10.5. The van der Waals surface area contributed by atoms with Gasteiger partial charge in [0.25, 0.3) is 5.91 Å². The molecule has 0 saturated carbocycles. The normalized spacial score (nSPS) is 10.8. The number of benzene rings is 2. The van der Waals surface area contributed by atoms with Crippen molar-refractivity contribution in [2.45, 2.75) is 13.5 Å². The van der Waals surface area contributed by atoms with Crippen molar-refractivity contribution in [2.24, 2.45) is 0 Å². The number of hydrogen-bond acceptors (Lipinski definition) is 5. The summed E-state index contributed by atoms with van der Waals surface area (Å²) in [6.07, 6.45) is 2.87. The number of carbonyl (C=O) groups excluding carboxylic acids is 2. The molecule has 0 unspecified atom stereocenters. The van der Waals surface area contributed by atoms with Crippen LogP contribution in [0.15, 0.2) is 48.5 Å². The monoisotopic (exact) mass is 405 g/mol. The summed E-state index contributed by atoms with van der Waals surface area (Å²) in [5.74, 6) is 0.0762. The molecule has 1 N–H and O–H groups in total. The lowest BCUT2D eigenvalue weighted by Gasteiger charge is -2.11. The molecular formula is C21H21F2NO5. The second kappa shape index (κ2) is 10.8. The quantitative estimate of drug-likeness (QED) is 0.482. The van der Waals surface area contributed by atoms with Gasteiger partial charge in [-0.05, 0) is 42.8 Å². The largest absolute Gasteiger partial charge is 0.493 e. The second-order valence-corrected chi connectivity index (χ2v) is 5.76. The van der Waals surface area contributed by atoms with Crippen molar-refractivity contribution in [1.29, 1.82) is 0 Å². The van der Waals surface area contributed by atoms with Gasteiger partial charge in [0.1, 0.15) is 5.75 Å². The zero-order valence-electron chi connectivity index (χ0n) is 16.0. The summed E-state index contributed by atoms with van der Waals surface area (Å²) in [5.41, 5.74) is 0.869. The fraction of sp³-hybridized carbons (Fsp3) is 0.238. The van der Waals surface area contributed by atoms with Gasteiger partial charge in [-0.3, -0.25) is 9.59 Å². The molecule has 0 fully saturated rings. The zero-order valence-corrected chi connectivity index (χ0v) is 16.0. The van der Waals surface area contributed by atoms with Gasteiger partial charge in [-0.2, -0.15) is 8.78 Å². The highest BCUT2D eigenvalue weighted by Crippen LogP contribution is 2.28. The van der Waals surface area contributed by atoms with Crippen LogP contribution in [-0.2, 0) is 4.79 Å². The Hall–Kier alpha value is -3.42. The molecule has 8 heteroatoms. The minimum Gasteiger partial charge on any atom is -0.493 e. The molecule has 2 aromatic rings. The molecule has 0 bridgehead atoms. The van der Waals surface area contributed by atoms with E-state index >= 15 is 0 Å². The predicted molar refractivity (Wildman–Crippen MR) is 104 cm³/mol. The highest BCUT2D eigenvalue weighted by atomic mass is 19.3. The van der Waals surface area contributed by atoms with Crippen LogP contribution in [0.3, 0.4) is 0 Å². The standard InChI is InChI=1S/C21H21F2NO5/c1-3-24-20(26)13-28-18-10-8-14(11-19(18)27-2)7-9-17(25)15-5-4-6-16(12-15)29-21(22)23/h4-12,21H,3,13H2,1-2H3,(H,24,26)/b9-7+. The molecule has 29 heavy (non-hydrogen) atoms. The van der Waals surface area contributed by atoms with Crippen molar-refractivity contribution in [1.82, 2.24) is 5.32 Å². The Kier molecular flexibility index (Phi) is 8.14. The first-order valence-electron chi connectivity index (χ1n) is 8.77. The van der Waals surface area contributed by atoms with Gasteiger partial charge in [-0.15, -0.1) is 0 Å². The molecule has 0 saturated heterocycles. The minimum absolute atomic E-state index is 0.0884. The Morgan fingerprint density at radius 2 is 1.93 bits per heavy atom. The van der Waals surface area contributed by atoms with Gasteiger partial charge in [0.2, 0.25) is 0 Å². The van der Waals surface area contributed by atoms with E-state index in [4.69, 9.17) is 9.47 Å². The van der Waals surface area contributed by atoms with E-state index in [2.05, 4.69) is 10.1 Å². The van der Waals surface area contributed by atoms with Gasteiger partial charge in [-0.1, -0.05) is 24.3 Å². The van der Waals surface area contributed by atoms with Gasteiger partial charge in [-0.25, -0.2) is 0 Å². The van der Waals surface area contributed by atoms with Gasteiger partial charge < -0.3 is 19.5 Å². The molecule has 0 spiro atoms. The van der Waals surface area contributed by atoms with Crippen LogP contribution in [0.4, 0.5) is 8.78 Å². The van der Waals surface area contributed by atoms with Crippen LogP contribution in [0.1, 0.15) is 22.8 Å². The third-order valence-corrected chi connectivity index (χ3v) is 3.69. The maximum Gasteiger partial charge on any atom is 0.387 e. The molecular weight excluding hydrogens is 384 g/mol. The lowest BCUT2D eigenvalue weighted by atomic mass is 10.1. The first kappa shape index (κ1) is 21.9. The molecule has 2 aromatic carbocycles. The fourth-order valence-electron chi connectivity index (χ4n) is 2.39. The van der Waals surface area contributed by atoms with Gasteiger partial charge in [0, 0.05) is 12.1 Å². The maximum atomic E-state index is 12.3. The summed E-state index contributed by atoms with van der Waals surface area (Å²) in [5, 5.41) is 2.62. The van der Waals surface area contributed by atoms with E-state index in [1.54, 1.807) is 24.3 Å². The maximum absolute atomic E-state index is 12.3. The molecule has 6 nitrogen and oxygen atoms in total. The van der Waals surface area contributed by atoms with Crippen molar-refractivity contribution in [3.05, 3.63) is 59.7 Å². The lowest BCUT2D eigenvalue weighted by Crippen LogP contribution is -2.28. The van der Waals surface area contributed by atoms with Crippen LogP contribution in [0.25, 0.3) is 6.08 Å². The van der Waals surface area contributed by atoms with Crippen LogP contribution < -0.4 is 19.5 Å². The molecule has 0 heterocycles. The number of amides is 1. The number of alkyl halides is 2. The predicted octanol–water partition coefficient (Wildman–Crippen LogP) is 3.71. The third kappa shape index (κ3) is 6.91. The number of halogens is 2. The second-order valence-electron chi connectivity index (χ2n) is 5.76. The topological polar surface area (TPSA) is 73.9 Å². The van der Waals surface area contributed by atoms with E-state index in [0.717, 1.165) is 0 Å². The number of allylic oxidation sites excluding steroid dienone is 1. The molecule has 154 valence electrons. The van der Waals surface area contributed by atoms with E-state index in [0.29, 0.717) is 23.6 Å². The third-order valence-electron chi connectivity index (χ3n) is 3.69. The number of carbonyl (C=O) groups is 2. The first-order chi connectivity index (χ1) is 13.9. The number of rotatable bonds is 10. The van der Waals surface area contributed by atoms with Crippen molar-refractivity contribution >= 4 is 17.8 Å². The van der Waals surface area contributed by atoms with Crippen LogP contribution in [0, 0.1) is 0 Å². The highest BCUT2D eigenvalue weighted by molar-refractivity contribution is 6.07.